The molecule has 2 aromatic carbocycles. The minimum atomic E-state index is -0.291. The lowest BCUT2D eigenvalue weighted by atomic mass is 10.1. The molecule has 3 nitrogen and oxygen atoms in total. The number of amides is 1. The molecule has 0 atom stereocenters. The Labute approximate surface area is 129 Å². The van der Waals surface area contributed by atoms with Gasteiger partial charge in [0, 0.05) is 5.56 Å². The Kier molecular flexibility index (Phi) is 3.84. The molecule has 4 heteroatoms. The average Bonchev–Trinajstić information content (AvgIpc) is 2.45. The second-order valence-corrected chi connectivity index (χ2v) is 5.73. The van der Waals surface area contributed by atoms with Crippen LogP contribution >= 0.6 is 0 Å². The molecule has 0 radical (unpaired) electrons. The van der Waals surface area contributed by atoms with E-state index >= 15 is 0 Å². The van der Waals surface area contributed by atoms with E-state index in [1.54, 1.807) is 17.9 Å². The molecule has 22 heavy (non-hydrogen) atoms. The van der Waals surface area contributed by atoms with Crippen LogP contribution in [0.5, 0.6) is 5.75 Å². The maximum Gasteiger partial charge on any atom is 0.254 e. The molecule has 1 heterocycles. The standard InChI is InChI=1S/C18H18FNO2/c1-12-4-3-5-15(8-12)22-16-10-20(11-16)18(21)14-6-7-17(19)13(2)9-14/h3-9,16H,10-11H2,1-2H3. The molecule has 0 aliphatic carbocycles. The van der Waals surface area contributed by atoms with Crippen molar-refractivity contribution in [3.8, 4) is 5.75 Å². The van der Waals surface area contributed by atoms with Crippen molar-refractivity contribution in [1.29, 1.82) is 0 Å². The monoisotopic (exact) mass is 299 g/mol. The maximum absolute atomic E-state index is 13.3. The van der Waals surface area contributed by atoms with E-state index in [4.69, 9.17) is 4.74 Å². The summed E-state index contributed by atoms with van der Waals surface area (Å²) in [6.07, 6.45) is 0.0206. The number of hydrogen-bond acceptors (Lipinski definition) is 2. The molecule has 3 rings (SSSR count). The molecule has 1 amide bonds. The molecule has 1 saturated heterocycles. The summed E-state index contributed by atoms with van der Waals surface area (Å²) < 4.78 is 19.1. The third-order valence-electron chi connectivity index (χ3n) is 3.83. The number of carbonyl (C=O) groups excluding carboxylic acids is 1. The SMILES string of the molecule is Cc1cccc(OC2CN(C(=O)c3ccc(F)c(C)c3)C2)c1. The van der Waals surface area contributed by atoms with Crippen LogP contribution in [0.15, 0.2) is 42.5 Å². The van der Waals surface area contributed by atoms with Crippen molar-refractivity contribution in [3.63, 3.8) is 0 Å². The van der Waals surface area contributed by atoms with Gasteiger partial charge in [0.2, 0.25) is 0 Å². The van der Waals surface area contributed by atoms with Crippen molar-refractivity contribution in [2.75, 3.05) is 13.1 Å². The molecule has 0 bridgehead atoms. The molecule has 2 aromatic rings. The predicted octanol–water partition coefficient (Wildman–Crippen LogP) is 3.35. The topological polar surface area (TPSA) is 29.5 Å². The molecule has 0 spiro atoms. The van der Waals surface area contributed by atoms with E-state index in [2.05, 4.69) is 0 Å². The summed E-state index contributed by atoms with van der Waals surface area (Å²) in [6.45, 7) is 4.79. The van der Waals surface area contributed by atoms with Crippen LogP contribution in [0.25, 0.3) is 0 Å². The highest BCUT2D eigenvalue weighted by atomic mass is 19.1. The lowest BCUT2D eigenvalue weighted by Crippen LogP contribution is -2.56. The summed E-state index contributed by atoms with van der Waals surface area (Å²) in [7, 11) is 0. The lowest BCUT2D eigenvalue weighted by molar-refractivity contribution is 0.0177. The number of benzene rings is 2. The smallest absolute Gasteiger partial charge is 0.254 e. The van der Waals surface area contributed by atoms with Crippen LogP contribution < -0.4 is 4.74 Å². The van der Waals surface area contributed by atoms with Crippen molar-refractivity contribution >= 4 is 5.91 Å². The van der Waals surface area contributed by atoms with Crippen LogP contribution in [0.2, 0.25) is 0 Å². The van der Waals surface area contributed by atoms with E-state index in [1.807, 2.05) is 31.2 Å². The molecule has 0 unspecified atom stereocenters. The highest BCUT2D eigenvalue weighted by Gasteiger charge is 2.32. The minimum absolute atomic E-state index is 0.0206. The largest absolute Gasteiger partial charge is 0.487 e. The first kappa shape index (κ1) is 14.6. The van der Waals surface area contributed by atoms with E-state index in [1.165, 1.54) is 12.1 Å². The zero-order chi connectivity index (χ0) is 15.7. The van der Waals surface area contributed by atoms with Crippen molar-refractivity contribution in [3.05, 3.63) is 65.0 Å². The van der Waals surface area contributed by atoms with Crippen molar-refractivity contribution in [1.82, 2.24) is 4.90 Å². The lowest BCUT2D eigenvalue weighted by Gasteiger charge is -2.39. The Morgan fingerprint density at radius 1 is 1.18 bits per heavy atom. The van der Waals surface area contributed by atoms with Crippen LogP contribution in [0, 0.1) is 19.7 Å². The summed E-state index contributed by atoms with van der Waals surface area (Å²) in [4.78, 5) is 14.0. The quantitative estimate of drug-likeness (QED) is 0.870. The number of carbonyl (C=O) groups is 1. The second-order valence-electron chi connectivity index (χ2n) is 5.73. The Bertz CT molecular complexity index is 708. The molecule has 1 aliphatic heterocycles. The minimum Gasteiger partial charge on any atom is -0.487 e. The fourth-order valence-corrected chi connectivity index (χ4v) is 2.52. The molecule has 114 valence electrons. The summed E-state index contributed by atoms with van der Waals surface area (Å²) in [5, 5.41) is 0. The van der Waals surface area contributed by atoms with Crippen molar-refractivity contribution < 1.29 is 13.9 Å². The molecule has 1 aliphatic rings. The molecule has 0 aromatic heterocycles. The van der Waals surface area contributed by atoms with Gasteiger partial charge >= 0.3 is 0 Å². The number of hydrogen-bond donors (Lipinski definition) is 0. The normalized spacial score (nSPS) is 14.6. The Hall–Kier alpha value is -2.36. The third-order valence-corrected chi connectivity index (χ3v) is 3.83. The zero-order valence-electron chi connectivity index (χ0n) is 12.7. The number of halogens is 1. The first-order valence-electron chi connectivity index (χ1n) is 7.31. The number of rotatable bonds is 3. The molecule has 0 saturated carbocycles. The van der Waals surface area contributed by atoms with Gasteiger partial charge in [-0.2, -0.15) is 0 Å². The van der Waals surface area contributed by atoms with Gasteiger partial charge in [0.15, 0.2) is 0 Å². The molecule has 1 fully saturated rings. The van der Waals surface area contributed by atoms with Gasteiger partial charge in [-0.05, 0) is 55.3 Å². The fourth-order valence-electron chi connectivity index (χ4n) is 2.52. The van der Waals surface area contributed by atoms with Crippen LogP contribution in [-0.4, -0.2) is 30.0 Å². The van der Waals surface area contributed by atoms with Crippen LogP contribution in [0.3, 0.4) is 0 Å². The second kappa shape index (κ2) is 5.79. The van der Waals surface area contributed by atoms with Gasteiger partial charge in [-0.15, -0.1) is 0 Å². The average molecular weight is 299 g/mol. The van der Waals surface area contributed by atoms with Gasteiger partial charge in [0.25, 0.3) is 5.91 Å². The van der Waals surface area contributed by atoms with Crippen LogP contribution in [0.1, 0.15) is 21.5 Å². The van der Waals surface area contributed by atoms with Crippen LogP contribution in [0.4, 0.5) is 4.39 Å². The van der Waals surface area contributed by atoms with E-state index in [-0.39, 0.29) is 17.8 Å². The van der Waals surface area contributed by atoms with Gasteiger partial charge in [0.05, 0.1) is 13.1 Å². The summed E-state index contributed by atoms with van der Waals surface area (Å²) in [6, 6.07) is 12.3. The summed E-state index contributed by atoms with van der Waals surface area (Å²) >= 11 is 0. The molecular formula is C18H18FNO2. The fraction of sp³-hybridized carbons (Fsp3) is 0.278. The molecular weight excluding hydrogens is 281 g/mol. The summed E-state index contributed by atoms with van der Waals surface area (Å²) in [5.41, 5.74) is 2.15. The Balaban J connectivity index is 1.58. The Morgan fingerprint density at radius 3 is 2.64 bits per heavy atom. The van der Waals surface area contributed by atoms with Gasteiger partial charge in [-0.1, -0.05) is 12.1 Å². The van der Waals surface area contributed by atoms with E-state index in [9.17, 15) is 9.18 Å². The number of ether oxygens (including phenoxy) is 1. The van der Waals surface area contributed by atoms with Crippen molar-refractivity contribution in [2.24, 2.45) is 0 Å². The van der Waals surface area contributed by atoms with Gasteiger partial charge in [0.1, 0.15) is 17.7 Å². The van der Waals surface area contributed by atoms with Gasteiger partial charge < -0.3 is 9.64 Å². The number of aryl methyl sites for hydroxylation is 2. The first-order chi connectivity index (χ1) is 10.5. The van der Waals surface area contributed by atoms with Crippen molar-refractivity contribution in [2.45, 2.75) is 20.0 Å². The highest BCUT2D eigenvalue weighted by molar-refractivity contribution is 5.95. The van der Waals surface area contributed by atoms with E-state index in [0.717, 1.165) is 11.3 Å². The highest BCUT2D eigenvalue weighted by Crippen LogP contribution is 2.21. The predicted molar refractivity (Wildman–Crippen MR) is 82.6 cm³/mol. The maximum atomic E-state index is 13.3. The first-order valence-corrected chi connectivity index (χ1v) is 7.31. The van der Waals surface area contributed by atoms with Crippen LogP contribution in [-0.2, 0) is 0 Å². The number of likely N-dealkylation sites (tertiary alicyclic amines) is 1. The van der Waals surface area contributed by atoms with E-state index in [0.29, 0.717) is 24.2 Å². The third kappa shape index (κ3) is 2.96. The Morgan fingerprint density at radius 2 is 1.95 bits per heavy atom. The van der Waals surface area contributed by atoms with E-state index < -0.39 is 0 Å². The molecule has 0 N–H and O–H groups in total. The summed E-state index contributed by atoms with van der Waals surface area (Å²) in [5.74, 6) is 0.461. The number of nitrogens with zero attached hydrogens (tertiary/aromatic N) is 1. The van der Waals surface area contributed by atoms with Gasteiger partial charge in [-0.3, -0.25) is 4.79 Å². The zero-order valence-corrected chi connectivity index (χ0v) is 12.7. The van der Waals surface area contributed by atoms with Gasteiger partial charge in [-0.25, -0.2) is 4.39 Å².